The van der Waals surface area contributed by atoms with Crippen LogP contribution in [0.15, 0.2) is 48.2 Å². The molecule has 2 amide bonds. The Labute approximate surface area is 189 Å². The van der Waals surface area contributed by atoms with Crippen LogP contribution in [0.2, 0.25) is 0 Å². The summed E-state index contributed by atoms with van der Waals surface area (Å²) in [6.07, 6.45) is 0. The lowest BCUT2D eigenvalue weighted by molar-refractivity contribution is -0.121. The summed E-state index contributed by atoms with van der Waals surface area (Å²) in [5.41, 5.74) is 4.23. The summed E-state index contributed by atoms with van der Waals surface area (Å²) in [6, 6.07) is 13.2. The number of carbonyl (C=O) groups excluding carboxylic acids is 2. The highest BCUT2D eigenvalue weighted by Gasteiger charge is 2.42. The van der Waals surface area contributed by atoms with Gasteiger partial charge >= 0.3 is 0 Å². The first-order chi connectivity index (χ1) is 15.3. The first kappa shape index (κ1) is 22.1. The van der Waals surface area contributed by atoms with E-state index in [-0.39, 0.29) is 11.8 Å². The number of amides is 2. The molecule has 2 aliphatic heterocycles. The summed E-state index contributed by atoms with van der Waals surface area (Å²) in [5, 5.41) is 0. The van der Waals surface area contributed by atoms with Crippen LogP contribution in [0, 0.1) is 19.8 Å². The molecule has 0 N–H and O–H groups in total. The van der Waals surface area contributed by atoms with Crippen molar-refractivity contribution in [3.8, 4) is 5.75 Å². The van der Waals surface area contributed by atoms with Crippen molar-refractivity contribution in [2.75, 3.05) is 37.8 Å². The molecule has 0 saturated carbocycles. The molecule has 168 valence electrons. The molecule has 0 aromatic heterocycles. The van der Waals surface area contributed by atoms with Gasteiger partial charge in [-0.05, 0) is 60.7 Å². The predicted octanol–water partition coefficient (Wildman–Crippen LogP) is 3.95. The molecule has 2 aliphatic rings. The van der Waals surface area contributed by atoms with Gasteiger partial charge in [0.05, 0.1) is 31.1 Å². The molecule has 1 saturated heterocycles. The fourth-order valence-corrected chi connectivity index (χ4v) is 4.15. The van der Waals surface area contributed by atoms with Crippen molar-refractivity contribution in [2.24, 2.45) is 5.92 Å². The van der Waals surface area contributed by atoms with Crippen molar-refractivity contribution in [3.63, 3.8) is 0 Å². The normalized spacial score (nSPS) is 17.0. The molecule has 0 atom stereocenters. The van der Waals surface area contributed by atoms with E-state index in [0.29, 0.717) is 61.3 Å². The molecule has 6 nitrogen and oxygen atoms in total. The van der Waals surface area contributed by atoms with E-state index in [9.17, 15) is 9.59 Å². The standard InChI is InChI=1S/C26H30N2O4/c1-17(2)16-32-22-7-5-20(6-8-22)23-24(27-9-11-31-12-10-27)26(30)28(25(23)29)21-14-18(3)13-19(4)15-21/h5-8,13-15,17H,9-12,16H2,1-4H3. The second-order valence-electron chi connectivity index (χ2n) is 8.84. The average molecular weight is 435 g/mol. The molecule has 2 aromatic rings. The van der Waals surface area contributed by atoms with E-state index in [1.54, 1.807) is 0 Å². The highest BCUT2D eigenvalue weighted by molar-refractivity contribution is 6.45. The van der Waals surface area contributed by atoms with Gasteiger partial charge in [0.25, 0.3) is 11.8 Å². The van der Waals surface area contributed by atoms with Crippen molar-refractivity contribution in [1.82, 2.24) is 4.90 Å². The SMILES string of the molecule is Cc1cc(C)cc(N2C(=O)C(c3ccc(OCC(C)C)cc3)=C(N3CCOCC3)C2=O)c1. The van der Waals surface area contributed by atoms with Gasteiger partial charge in [0.15, 0.2) is 0 Å². The van der Waals surface area contributed by atoms with Crippen LogP contribution in [-0.4, -0.2) is 49.6 Å². The number of hydrogen-bond acceptors (Lipinski definition) is 5. The summed E-state index contributed by atoms with van der Waals surface area (Å²) < 4.78 is 11.3. The number of anilines is 1. The van der Waals surface area contributed by atoms with Crippen LogP contribution in [0.25, 0.3) is 5.57 Å². The Hall–Kier alpha value is -3.12. The monoisotopic (exact) mass is 434 g/mol. The Morgan fingerprint density at radius 2 is 1.56 bits per heavy atom. The van der Waals surface area contributed by atoms with Gasteiger partial charge in [-0.15, -0.1) is 0 Å². The first-order valence-corrected chi connectivity index (χ1v) is 11.1. The average Bonchev–Trinajstić information content (AvgIpc) is 3.02. The number of hydrogen-bond donors (Lipinski definition) is 0. The molecule has 0 aliphatic carbocycles. The number of morpholine rings is 1. The molecule has 0 bridgehead atoms. The van der Waals surface area contributed by atoms with E-state index in [1.165, 1.54) is 4.90 Å². The van der Waals surface area contributed by atoms with Gasteiger partial charge < -0.3 is 14.4 Å². The number of carbonyl (C=O) groups is 2. The molecule has 0 radical (unpaired) electrons. The molecular weight excluding hydrogens is 404 g/mol. The van der Waals surface area contributed by atoms with Gasteiger partial charge in [0.1, 0.15) is 11.4 Å². The Balaban J connectivity index is 1.74. The molecule has 4 rings (SSSR count). The Bertz CT molecular complexity index is 1030. The molecule has 1 fully saturated rings. The fraction of sp³-hybridized carbons (Fsp3) is 0.385. The Morgan fingerprint density at radius 1 is 0.938 bits per heavy atom. The van der Waals surface area contributed by atoms with Crippen LogP contribution in [0.4, 0.5) is 5.69 Å². The number of aryl methyl sites for hydroxylation is 2. The lowest BCUT2D eigenvalue weighted by Crippen LogP contribution is -2.40. The van der Waals surface area contributed by atoms with E-state index in [4.69, 9.17) is 9.47 Å². The summed E-state index contributed by atoms with van der Waals surface area (Å²) in [7, 11) is 0. The van der Waals surface area contributed by atoms with Crippen LogP contribution in [0.3, 0.4) is 0 Å². The minimum atomic E-state index is -0.294. The molecule has 0 unspecified atom stereocenters. The first-order valence-electron chi connectivity index (χ1n) is 11.1. The van der Waals surface area contributed by atoms with Gasteiger partial charge in [0.2, 0.25) is 0 Å². The molecule has 0 spiro atoms. The van der Waals surface area contributed by atoms with E-state index in [2.05, 4.69) is 13.8 Å². The van der Waals surface area contributed by atoms with Crippen molar-refractivity contribution >= 4 is 23.1 Å². The van der Waals surface area contributed by atoms with Crippen molar-refractivity contribution in [2.45, 2.75) is 27.7 Å². The second kappa shape index (κ2) is 9.17. The van der Waals surface area contributed by atoms with Crippen molar-refractivity contribution in [1.29, 1.82) is 0 Å². The van der Waals surface area contributed by atoms with Gasteiger partial charge in [0, 0.05) is 13.1 Å². The molecule has 32 heavy (non-hydrogen) atoms. The maximum Gasteiger partial charge on any atom is 0.282 e. The van der Waals surface area contributed by atoms with Gasteiger partial charge in [-0.3, -0.25) is 9.59 Å². The smallest absolute Gasteiger partial charge is 0.282 e. The third-order valence-corrected chi connectivity index (χ3v) is 5.58. The largest absolute Gasteiger partial charge is 0.493 e. The highest BCUT2D eigenvalue weighted by atomic mass is 16.5. The van der Waals surface area contributed by atoms with Gasteiger partial charge in [-0.2, -0.15) is 0 Å². The van der Waals surface area contributed by atoms with Crippen LogP contribution in [0.5, 0.6) is 5.75 Å². The zero-order valence-electron chi connectivity index (χ0n) is 19.2. The zero-order valence-corrected chi connectivity index (χ0v) is 19.2. The number of imide groups is 1. The van der Waals surface area contributed by atoms with E-state index in [1.807, 2.05) is 61.2 Å². The van der Waals surface area contributed by atoms with Gasteiger partial charge in [-0.1, -0.05) is 32.0 Å². The molecule has 2 aromatic carbocycles. The fourth-order valence-electron chi connectivity index (χ4n) is 4.15. The van der Waals surface area contributed by atoms with Crippen molar-refractivity contribution in [3.05, 3.63) is 64.9 Å². The number of ether oxygens (including phenoxy) is 2. The van der Waals surface area contributed by atoms with Crippen LogP contribution in [-0.2, 0) is 14.3 Å². The minimum Gasteiger partial charge on any atom is -0.493 e. The summed E-state index contributed by atoms with van der Waals surface area (Å²) >= 11 is 0. The maximum atomic E-state index is 13.7. The van der Waals surface area contributed by atoms with E-state index >= 15 is 0 Å². The predicted molar refractivity (Wildman–Crippen MR) is 124 cm³/mol. The molecular formula is C26H30N2O4. The second-order valence-corrected chi connectivity index (χ2v) is 8.84. The summed E-state index contributed by atoms with van der Waals surface area (Å²) in [6.45, 7) is 11.0. The minimum absolute atomic E-state index is 0.281. The molecule has 2 heterocycles. The highest BCUT2D eigenvalue weighted by Crippen LogP contribution is 2.36. The maximum absolute atomic E-state index is 13.7. The van der Waals surface area contributed by atoms with Crippen LogP contribution < -0.4 is 9.64 Å². The van der Waals surface area contributed by atoms with Crippen LogP contribution in [0.1, 0.15) is 30.5 Å². The third-order valence-electron chi connectivity index (χ3n) is 5.58. The van der Waals surface area contributed by atoms with E-state index < -0.39 is 0 Å². The zero-order chi connectivity index (χ0) is 22.8. The number of benzene rings is 2. The van der Waals surface area contributed by atoms with Crippen molar-refractivity contribution < 1.29 is 19.1 Å². The lowest BCUT2D eigenvalue weighted by atomic mass is 10.0. The number of nitrogens with zero attached hydrogens (tertiary/aromatic N) is 2. The lowest BCUT2D eigenvalue weighted by Gasteiger charge is -2.29. The quantitative estimate of drug-likeness (QED) is 0.645. The van der Waals surface area contributed by atoms with Crippen LogP contribution >= 0.6 is 0 Å². The Kier molecular flexibility index (Phi) is 6.33. The third kappa shape index (κ3) is 4.41. The summed E-state index contributed by atoms with van der Waals surface area (Å²) in [4.78, 5) is 30.5. The number of rotatable bonds is 6. The topological polar surface area (TPSA) is 59.1 Å². The van der Waals surface area contributed by atoms with E-state index in [0.717, 1.165) is 16.9 Å². The van der Waals surface area contributed by atoms with Gasteiger partial charge in [-0.25, -0.2) is 4.90 Å². The summed E-state index contributed by atoms with van der Waals surface area (Å²) in [5.74, 6) is 0.596. The Morgan fingerprint density at radius 3 is 2.16 bits per heavy atom. The molecule has 6 heteroatoms.